The molecule has 1 saturated heterocycles. The summed E-state index contributed by atoms with van der Waals surface area (Å²) in [4.78, 5) is 2.54. The smallest absolute Gasteiger partial charge is 0.0760 e. The Labute approximate surface area is 113 Å². The molecule has 0 saturated carbocycles. The van der Waals surface area contributed by atoms with Gasteiger partial charge in [-0.1, -0.05) is 13.8 Å². The molecule has 0 spiro atoms. The molecule has 0 aromatic heterocycles. The predicted molar refractivity (Wildman–Crippen MR) is 78.0 cm³/mol. The lowest BCUT2D eigenvalue weighted by Gasteiger charge is -2.47. The predicted octanol–water partition coefficient (Wildman–Crippen LogP) is 2.51. The minimum atomic E-state index is -0.0207. The number of nitrogens with one attached hydrogen (secondary N) is 1. The molecular formula is C15H32N2O. The molecule has 0 atom stereocenters. The first kappa shape index (κ1) is 15.9. The number of nitrogens with zero attached hydrogens (tertiary/aromatic N) is 1. The monoisotopic (exact) mass is 256 g/mol. The van der Waals surface area contributed by atoms with E-state index in [1.54, 1.807) is 0 Å². The molecule has 0 aromatic rings. The Balaban J connectivity index is 2.25. The van der Waals surface area contributed by atoms with Crippen molar-refractivity contribution in [2.75, 3.05) is 32.7 Å². The third-order valence-electron chi connectivity index (χ3n) is 3.14. The minimum Gasteiger partial charge on any atom is -0.367 e. The van der Waals surface area contributed by atoms with Gasteiger partial charge in [-0.2, -0.15) is 0 Å². The lowest BCUT2D eigenvalue weighted by molar-refractivity contribution is -0.180. The third-order valence-corrected chi connectivity index (χ3v) is 3.14. The van der Waals surface area contributed by atoms with Crippen molar-refractivity contribution in [2.24, 2.45) is 5.92 Å². The number of morpholine rings is 1. The van der Waals surface area contributed by atoms with E-state index in [2.05, 4.69) is 51.8 Å². The van der Waals surface area contributed by atoms with Crippen molar-refractivity contribution in [1.82, 2.24) is 10.2 Å². The molecule has 3 nitrogen and oxygen atoms in total. The van der Waals surface area contributed by atoms with E-state index in [4.69, 9.17) is 4.74 Å². The van der Waals surface area contributed by atoms with Crippen LogP contribution < -0.4 is 5.32 Å². The number of rotatable bonds is 6. The summed E-state index contributed by atoms with van der Waals surface area (Å²) in [7, 11) is 0. The van der Waals surface area contributed by atoms with E-state index >= 15 is 0 Å². The van der Waals surface area contributed by atoms with Crippen LogP contribution in [-0.2, 0) is 4.74 Å². The van der Waals surface area contributed by atoms with Gasteiger partial charge in [-0.25, -0.2) is 0 Å². The van der Waals surface area contributed by atoms with Crippen LogP contribution in [0.1, 0.15) is 48.0 Å². The van der Waals surface area contributed by atoms with E-state index in [1.165, 1.54) is 13.0 Å². The minimum absolute atomic E-state index is 0.0207. The zero-order valence-electron chi connectivity index (χ0n) is 13.2. The van der Waals surface area contributed by atoms with Crippen LogP contribution in [-0.4, -0.2) is 48.8 Å². The van der Waals surface area contributed by atoms with Gasteiger partial charge >= 0.3 is 0 Å². The highest BCUT2D eigenvalue weighted by atomic mass is 16.5. The molecule has 1 rings (SSSR count). The summed E-state index contributed by atoms with van der Waals surface area (Å²) in [6.07, 6.45) is 1.22. The van der Waals surface area contributed by atoms with Gasteiger partial charge in [-0.15, -0.1) is 0 Å². The second-order valence-electron chi connectivity index (χ2n) is 7.28. The molecular weight excluding hydrogens is 224 g/mol. The summed E-state index contributed by atoms with van der Waals surface area (Å²) < 4.78 is 6.09. The van der Waals surface area contributed by atoms with Gasteiger partial charge in [0.25, 0.3) is 0 Å². The highest BCUT2D eigenvalue weighted by Gasteiger charge is 2.37. The van der Waals surface area contributed by atoms with E-state index in [0.29, 0.717) is 0 Å². The van der Waals surface area contributed by atoms with Gasteiger partial charge in [0.05, 0.1) is 11.2 Å². The average molecular weight is 256 g/mol. The highest BCUT2D eigenvalue weighted by Crippen LogP contribution is 2.27. The van der Waals surface area contributed by atoms with Gasteiger partial charge in [0.15, 0.2) is 0 Å². The van der Waals surface area contributed by atoms with E-state index in [1.807, 2.05) is 0 Å². The van der Waals surface area contributed by atoms with Crippen LogP contribution >= 0.6 is 0 Å². The fraction of sp³-hybridized carbons (Fsp3) is 1.00. The van der Waals surface area contributed by atoms with Crippen molar-refractivity contribution in [3.63, 3.8) is 0 Å². The summed E-state index contributed by atoms with van der Waals surface area (Å²) in [5.41, 5.74) is -0.0414. The van der Waals surface area contributed by atoms with E-state index in [0.717, 1.165) is 32.1 Å². The second kappa shape index (κ2) is 6.36. The van der Waals surface area contributed by atoms with Gasteiger partial charge in [-0.05, 0) is 59.7 Å². The normalized spacial score (nSPS) is 23.5. The molecule has 1 N–H and O–H groups in total. The van der Waals surface area contributed by atoms with Crippen molar-refractivity contribution in [3.05, 3.63) is 0 Å². The van der Waals surface area contributed by atoms with Gasteiger partial charge in [-0.3, -0.25) is 4.90 Å². The molecule has 0 aliphatic carbocycles. The van der Waals surface area contributed by atoms with Crippen molar-refractivity contribution in [2.45, 2.75) is 59.2 Å². The molecule has 0 unspecified atom stereocenters. The van der Waals surface area contributed by atoms with Crippen molar-refractivity contribution < 1.29 is 4.74 Å². The van der Waals surface area contributed by atoms with Crippen LogP contribution in [0.4, 0.5) is 0 Å². The van der Waals surface area contributed by atoms with Crippen LogP contribution in [0.5, 0.6) is 0 Å². The maximum Gasteiger partial charge on any atom is 0.0760 e. The molecule has 0 bridgehead atoms. The Morgan fingerprint density at radius 2 is 1.67 bits per heavy atom. The Hall–Kier alpha value is -0.120. The van der Waals surface area contributed by atoms with Gasteiger partial charge in [0, 0.05) is 13.1 Å². The SMILES string of the molecule is CC(C)CNCCCN1CC(C)(C)OC(C)(C)C1. The standard InChI is InChI=1S/C15H32N2O/c1-13(2)10-16-8-7-9-17-11-14(3,4)18-15(5,6)12-17/h13,16H,7-12H2,1-6H3. The first-order valence-corrected chi connectivity index (χ1v) is 7.33. The van der Waals surface area contributed by atoms with Crippen molar-refractivity contribution in [1.29, 1.82) is 0 Å². The van der Waals surface area contributed by atoms with Crippen LogP contribution in [0, 0.1) is 5.92 Å². The first-order chi connectivity index (χ1) is 8.20. The fourth-order valence-electron chi connectivity index (χ4n) is 2.92. The van der Waals surface area contributed by atoms with Crippen LogP contribution in [0.3, 0.4) is 0 Å². The summed E-state index contributed by atoms with van der Waals surface area (Å²) in [6, 6.07) is 0. The fourth-order valence-corrected chi connectivity index (χ4v) is 2.92. The average Bonchev–Trinajstić information content (AvgIpc) is 2.11. The van der Waals surface area contributed by atoms with Crippen LogP contribution in [0.2, 0.25) is 0 Å². The molecule has 1 heterocycles. The summed E-state index contributed by atoms with van der Waals surface area (Å²) in [5, 5.41) is 3.51. The van der Waals surface area contributed by atoms with Crippen LogP contribution in [0.15, 0.2) is 0 Å². The van der Waals surface area contributed by atoms with Gasteiger partial charge < -0.3 is 10.1 Å². The molecule has 1 aliphatic rings. The molecule has 0 aromatic carbocycles. The molecule has 1 fully saturated rings. The molecule has 18 heavy (non-hydrogen) atoms. The van der Waals surface area contributed by atoms with E-state index < -0.39 is 0 Å². The largest absolute Gasteiger partial charge is 0.367 e. The zero-order chi connectivity index (χ0) is 13.8. The Morgan fingerprint density at radius 3 is 2.17 bits per heavy atom. The zero-order valence-corrected chi connectivity index (χ0v) is 13.2. The third kappa shape index (κ3) is 6.17. The van der Waals surface area contributed by atoms with E-state index in [-0.39, 0.29) is 11.2 Å². The Bertz CT molecular complexity index is 233. The molecule has 108 valence electrons. The molecule has 0 radical (unpaired) electrons. The topological polar surface area (TPSA) is 24.5 Å². The van der Waals surface area contributed by atoms with E-state index in [9.17, 15) is 0 Å². The van der Waals surface area contributed by atoms with Crippen LogP contribution in [0.25, 0.3) is 0 Å². The number of hydrogen-bond acceptors (Lipinski definition) is 3. The highest BCUT2D eigenvalue weighted by molar-refractivity contribution is 4.88. The lowest BCUT2D eigenvalue weighted by atomic mass is 9.99. The maximum atomic E-state index is 6.09. The number of hydrogen-bond donors (Lipinski definition) is 1. The summed E-state index contributed by atoms with van der Waals surface area (Å²) in [5.74, 6) is 0.742. The number of ether oxygens (including phenoxy) is 1. The Kier molecular flexibility index (Phi) is 5.63. The van der Waals surface area contributed by atoms with Crippen molar-refractivity contribution >= 4 is 0 Å². The molecule has 3 heteroatoms. The molecule has 1 aliphatic heterocycles. The summed E-state index contributed by atoms with van der Waals surface area (Å²) in [6.45, 7) is 18.8. The maximum absolute atomic E-state index is 6.09. The van der Waals surface area contributed by atoms with Crippen molar-refractivity contribution in [3.8, 4) is 0 Å². The second-order valence-corrected chi connectivity index (χ2v) is 7.28. The Morgan fingerprint density at radius 1 is 1.11 bits per heavy atom. The molecule has 0 amide bonds. The summed E-state index contributed by atoms with van der Waals surface area (Å²) >= 11 is 0. The van der Waals surface area contributed by atoms with Gasteiger partial charge in [0.2, 0.25) is 0 Å². The first-order valence-electron chi connectivity index (χ1n) is 7.33. The van der Waals surface area contributed by atoms with Gasteiger partial charge in [0.1, 0.15) is 0 Å². The lowest BCUT2D eigenvalue weighted by Crippen LogP contribution is -2.57. The quantitative estimate of drug-likeness (QED) is 0.739.